The maximum Gasteiger partial charge on any atom is 0.433 e. The first kappa shape index (κ1) is 27.6. The summed E-state index contributed by atoms with van der Waals surface area (Å²) in [5.74, 6) is -1.39. The van der Waals surface area contributed by atoms with Crippen molar-refractivity contribution in [2.75, 3.05) is 10.6 Å². The van der Waals surface area contributed by atoms with Gasteiger partial charge >= 0.3 is 6.18 Å². The van der Waals surface area contributed by atoms with Gasteiger partial charge in [0.1, 0.15) is 5.69 Å². The zero-order valence-electron chi connectivity index (χ0n) is 23.1. The van der Waals surface area contributed by atoms with Crippen LogP contribution in [-0.4, -0.2) is 46.0 Å². The Morgan fingerprint density at radius 3 is 2.33 bits per heavy atom. The number of carbonyl (C=O) groups excluding carboxylic acids is 2. The molecule has 0 aliphatic rings. The van der Waals surface area contributed by atoms with Crippen LogP contribution in [0.1, 0.15) is 39.3 Å². The first-order chi connectivity index (χ1) is 20.5. The number of nitrogens with one attached hydrogen (secondary N) is 2. The number of benzene rings is 2. The number of hydrogen-bond donors (Lipinski definition) is 2. The van der Waals surface area contributed by atoms with Gasteiger partial charge in [-0.3, -0.25) is 19.0 Å². The molecule has 4 heterocycles. The van der Waals surface area contributed by atoms with Crippen molar-refractivity contribution in [3.63, 3.8) is 0 Å². The van der Waals surface area contributed by atoms with Gasteiger partial charge in [-0.1, -0.05) is 36.4 Å². The van der Waals surface area contributed by atoms with E-state index in [2.05, 4.69) is 30.9 Å². The Kier molecular flexibility index (Phi) is 6.67. The number of halogens is 3. The van der Waals surface area contributed by atoms with Crippen LogP contribution in [-0.2, 0) is 19.8 Å². The molecule has 0 fully saturated rings. The van der Waals surface area contributed by atoms with E-state index in [1.807, 2.05) is 24.3 Å². The Balaban J connectivity index is 1.35. The first-order valence-electron chi connectivity index (χ1n) is 13.2. The zero-order valence-corrected chi connectivity index (χ0v) is 23.1. The van der Waals surface area contributed by atoms with Crippen LogP contribution in [0.4, 0.5) is 24.5 Å². The average Bonchev–Trinajstić information content (AvgIpc) is 3.69. The number of aromatic nitrogens is 7. The molecule has 2 aromatic carbocycles. The SMILES string of the molecule is CCn1ncc(NC(=O)c2cc3nc(-c4ccc5ccccc5c4)cc(C(F)(F)F)n3n2)c1C(=O)Nc1cnn(C)c1C. The van der Waals surface area contributed by atoms with Gasteiger partial charge in [0.25, 0.3) is 11.8 Å². The molecule has 2 N–H and O–H groups in total. The number of aryl methyl sites for hydroxylation is 2. The van der Waals surface area contributed by atoms with Crippen molar-refractivity contribution < 1.29 is 22.8 Å². The minimum Gasteiger partial charge on any atom is -0.318 e. The van der Waals surface area contributed by atoms with Crippen molar-refractivity contribution in [3.8, 4) is 11.3 Å². The van der Waals surface area contributed by atoms with Gasteiger partial charge in [-0.05, 0) is 36.8 Å². The molecule has 0 aliphatic carbocycles. The van der Waals surface area contributed by atoms with Gasteiger partial charge in [-0.25, -0.2) is 9.50 Å². The highest BCUT2D eigenvalue weighted by atomic mass is 19.4. The standard InChI is InChI=1S/C29H24F3N9O2/c1-4-40-26(28(43)36-22-14-33-39(3)16(22)2)23(15-34-40)37-27(42)21-13-25-35-20(12-24(29(30,31)32)41(25)38-21)19-10-9-17-7-5-6-8-18(17)11-19/h5-15H,4H2,1-3H3,(H,36,43)(H,37,42). The van der Waals surface area contributed by atoms with Crippen molar-refractivity contribution in [1.82, 2.24) is 34.2 Å². The molecule has 14 heteroatoms. The summed E-state index contributed by atoms with van der Waals surface area (Å²) in [6.07, 6.45) is -2.00. The Bertz CT molecular complexity index is 2040. The summed E-state index contributed by atoms with van der Waals surface area (Å²) in [7, 11) is 1.73. The second kappa shape index (κ2) is 10.4. The largest absolute Gasteiger partial charge is 0.433 e. The lowest BCUT2D eigenvalue weighted by Gasteiger charge is -2.11. The fourth-order valence-corrected chi connectivity index (χ4v) is 4.73. The summed E-state index contributed by atoms with van der Waals surface area (Å²) in [6.45, 7) is 3.86. The van der Waals surface area contributed by atoms with Gasteiger partial charge in [0.2, 0.25) is 0 Å². The van der Waals surface area contributed by atoms with Crippen LogP contribution >= 0.6 is 0 Å². The summed E-state index contributed by atoms with van der Waals surface area (Å²) in [5, 5.41) is 19.3. The van der Waals surface area contributed by atoms with E-state index < -0.39 is 23.7 Å². The third kappa shape index (κ3) is 5.07. The topological polar surface area (TPSA) is 124 Å². The molecule has 11 nitrogen and oxygen atoms in total. The predicted octanol–water partition coefficient (Wildman–Crippen LogP) is 5.33. The molecule has 43 heavy (non-hydrogen) atoms. The summed E-state index contributed by atoms with van der Waals surface area (Å²) < 4.78 is 46.1. The zero-order chi connectivity index (χ0) is 30.5. The number of nitrogens with zero attached hydrogens (tertiary/aromatic N) is 7. The molecular weight excluding hydrogens is 563 g/mol. The van der Waals surface area contributed by atoms with E-state index >= 15 is 0 Å². The molecule has 0 spiro atoms. The number of rotatable bonds is 6. The van der Waals surface area contributed by atoms with Gasteiger partial charge in [0, 0.05) is 25.2 Å². The van der Waals surface area contributed by atoms with Crippen LogP contribution < -0.4 is 10.6 Å². The molecule has 6 aromatic rings. The summed E-state index contributed by atoms with van der Waals surface area (Å²) in [6, 6.07) is 14.8. The van der Waals surface area contributed by atoms with E-state index in [0.717, 1.165) is 22.9 Å². The molecule has 0 saturated carbocycles. The van der Waals surface area contributed by atoms with Gasteiger partial charge in [0.05, 0.1) is 35.2 Å². The Morgan fingerprint density at radius 1 is 0.907 bits per heavy atom. The van der Waals surface area contributed by atoms with E-state index in [1.165, 1.54) is 17.1 Å². The normalized spacial score (nSPS) is 11.8. The van der Waals surface area contributed by atoms with Crippen LogP contribution in [0.25, 0.3) is 27.7 Å². The molecule has 0 bridgehead atoms. The second-order valence-electron chi connectivity index (χ2n) is 9.78. The second-order valence-corrected chi connectivity index (χ2v) is 9.78. The quantitative estimate of drug-likeness (QED) is 0.272. The maximum absolute atomic E-state index is 14.2. The van der Waals surface area contributed by atoms with Gasteiger partial charge < -0.3 is 10.6 Å². The van der Waals surface area contributed by atoms with Gasteiger partial charge in [0.15, 0.2) is 17.0 Å². The molecule has 2 amide bonds. The van der Waals surface area contributed by atoms with E-state index in [4.69, 9.17) is 0 Å². The number of anilines is 2. The van der Waals surface area contributed by atoms with E-state index in [-0.39, 0.29) is 28.4 Å². The van der Waals surface area contributed by atoms with Crippen molar-refractivity contribution in [3.05, 3.63) is 89.8 Å². The molecule has 0 aliphatic heterocycles. The molecule has 0 saturated heterocycles. The predicted molar refractivity (Wildman–Crippen MR) is 153 cm³/mol. The third-order valence-electron chi connectivity index (χ3n) is 7.08. The maximum atomic E-state index is 14.2. The summed E-state index contributed by atoms with van der Waals surface area (Å²) in [4.78, 5) is 30.8. The first-order valence-corrected chi connectivity index (χ1v) is 13.2. The van der Waals surface area contributed by atoms with Gasteiger partial charge in [-0.15, -0.1) is 0 Å². The Morgan fingerprint density at radius 2 is 1.63 bits per heavy atom. The number of hydrogen-bond acceptors (Lipinski definition) is 6. The fourth-order valence-electron chi connectivity index (χ4n) is 4.73. The van der Waals surface area contributed by atoms with E-state index in [1.54, 1.807) is 43.8 Å². The highest BCUT2D eigenvalue weighted by molar-refractivity contribution is 6.11. The molecule has 0 atom stereocenters. The van der Waals surface area contributed by atoms with Crippen LogP contribution in [0.2, 0.25) is 0 Å². The van der Waals surface area contributed by atoms with E-state index in [0.29, 0.717) is 28.0 Å². The van der Waals surface area contributed by atoms with Crippen LogP contribution in [0.3, 0.4) is 0 Å². The highest BCUT2D eigenvalue weighted by Crippen LogP contribution is 2.33. The van der Waals surface area contributed by atoms with Crippen LogP contribution in [0.15, 0.2) is 67.0 Å². The molecule has 0 unspecified atom stereocenters. The minimum absolute atomic E-state index is 0.0514. The fraction of sp³-hybridized carbons (Fsp3) is 0.172. The third-order valence-corrected chi connectivity index (χ3v) is 7.08. The number of alkyl halides is 3. The number of fused-ring (bicyclic) bond motifs is 2. The number of amides is 2. The molecule has 6 rings (SSSR count). The monoisotopic (exact) mass is 587 g/mol. The Labute approximate surface area is 241 Å². The summed E-state index contributed by atoms with van der Waals surface area (Å²) in [5.41, 5.74) is 0.260. The number of carbonyl (C=O) groups is 2. The lowest BCUT2D eigenvalue weighted by atomic mass is 10.0. The van der Waals surface area contributed by atoms with Crippen molar-refractivity contribution in [1.29, 1.82) is 0 Å². The van der Waals surface area contributed by atoms with Crippen LogP contribution in [0, 0.1) is 6.92 Å². The average molecular weight is 588 g/mol. The molecule has 218 valence electrons. The van der Waals surface area contributed by atoms with Crippen molar-refractivity contribution in [2.45, 2.75) is 26.6 Å². The lowest BCUT2D eigenvalue weighted by Crippen LogP contribution is -2.21. The summed E-state index contributed by atoms with van der Waals surface area (Å²) >= 11 is 0. The van der Waals surface area contributed by atoms with E-state index in [9.17, 15) is 22.8 Å². The highest BCUT2D eigenvalue weighted by Gasteiger charge is 2.36. The minimum atomic E-state index is -4.79. The molecule has 4 aromatic heterocycles. The molecule has 0 radical (unpaired) electrons. The molecular formula is C29H24F3N9O2. The lowest BCUT2D eigenvalue weighted by molar-refractivity contribution is -0.142. The van der Waals surface area contributed by atoms with Crippen LogP contribution in [0.5, 0.6) is 0 Å². The Hall–Kier alpha value is -5.53. The smallest absolute Gasteiger partial charge is 0.318 e. The van der Waals surface area contributed by atoms with Crippen molar-refractivity contribution in [2.24, 2.45) is 7.05 Å². The van der Waals surface area contributed by atoms with Crippen molar-refractivity contribution >= 4 is 39.6 Å². The van der Waals surface area contributed by atoms with Gasteiger partial charge in [-0.2, -0.15) is 28.5 Å².